The van der Waals surface area contributed by atoms with E-state index in [1.54, 1.807) is 0 Å². The maximum absolute atomic E-state index is 11.9. The second-order valence-electron chi connectivity index (χ2n) is 5.27. The van der Waals surface area contributed by atoms with E-state index in [9.17, 15) is 9.59 Å². The Kier molecular flexibility index (Phi) is 4.18. The molecule has 1 aromatic heterocycles. The smallest absolute Gasteiger partial charge is 0.256 e. The Bertz CT molecular complexity index is 467. The largest absolute Gasteiger partial charge is 0.367 e. The molecule has 2 atom stereocenters. The molecular formula is C14H20N2O2. The maximum Gasteiger partial charge on any atom is 0.256 e. The Morgan fingerprint density at radius 2 is 2.33 bits per heavy atom. The molecule has 0 radical (unpaired) electrons. The van der Waals surface area contributed by atoms with Gasteiger partial charge < -0.3 is 10.3 Å². The number of pyridine rings is 1. The summed E-state index contributed by atoms with van der Waals surface area (Å²) in [5, 5.41) is 2.87. The monoisotopic (exact) mass is 248 g/mol. The summed E-state index contributed by atoms with van der Waals surface area (Å²) in [6.07, 6.45) is 7.88. The van der Waals surface area contributed by atoms with E-state index >= 15 is 0 Å². The molecule has 4 heteroatoms. The third-order valence-electron chi connectivity index (χ3n) is 3.66. The molecule has 0 bridgehead atoms. The fraction of sp³-hybridized carbons (Fsp3) is 0.571. The fourth-order valence-corrected chi connectivity index (χ4v) is 2.67. The van der Waals surface area contributed by atoms with Crippen LogP contribution in [0.15, 0.2) is 23.3 Å². The van der Waals surface area contributed by atoms with E-state index in [2.05, 4.69) is 17.2 Å². The van der Waals surface area contributed by atoms with E-state index in [-0.39, 0.29) is 16.9 Å². The highest BCUT2D eigenvalue weighted by molar-refractivity contribution is 5.93. The van der Waals surface area contributed by atoms with Crippen LogP contribution in [0.2, 0.25) is 0 Å². The van der Waals surface area contributed by atoms with Crippen LogP contribution in [0.5, 0.6) is 0 Å². The van der Waals surface area contributed by atoms with Crippen molar-refractivity contribution in [2.75, 3.05) is 6.54 Å². The van der Waals surface area contributed by atoms with Crippen LogP contribution in [0.4, 0.5) is 0 Å². The molecule has 1 fully saturated rings. The molecule has 1 aromatic rings. The van der Waals surface area contributed by atoms with Gasteiger partial charge in [0.2, 0.25) is 0 Å². The Morgan fingerprint density at radius 1 is 1.50 bits per heavy atom. The number of carbonyl (C=O) groups is 1. The molecule has 2 rings (SSSR count). The molecule has 1 aliphatic rings. The van der Waals surface area contributed by atoms with Gasteiger partial charge in [-0.15, -0.1) is 0 Å². The number of hydrogen-bond donors (Lipinski definition) is 2. The van der Waals surface area contributed by atoms with Crippen molar-refractivity contribution in [3.8, 4) is 0 Å². The number of H-pyrrole nitrogens is 1. The van der Waals surface area contributed by atoms with Crippen molar-refractivity contribution < 1.29 is 4.79 Å². The van der Waals surface area contributed by atoms with Crippen LogP contribution in [0.25, 0.3) is 0 Å². The maximum atomic E-state index is 11.9. The topological polar surface area (TPSA) is 62.0 Å². The molecule has 1 amide bonds. The van der Waals surface area contributed by atoms with Crippen LogP contribution in [0.1, 0.15) is 43.0 Å². The predicted octanol–water partition coefficient (Wildman–Crippen LogP) is 1.93. The van der Waals surface area contributed by atoms with Gasteiger partial charge in [0, 0.05) is 25.0 Å². The molecule has 0 aliphatic heterocycles. The first-order chi connectivity index (χ1) is 8.66. The predicted molar refractivity (Wildman–Crippen MR) is 70.5 cm³/mol. The van der Waals surface area contributed by atoms with Crippen LogP contribution >= 0.6 is 0 Å². The van der Waals surface area contributed by atoms with E-state index in [0.717, 1.165) is 5.92 Å². The third-order valence-corrected chi connectivity index (χ3v) is 3.66. The highest BCUT2D eigenvalue weighted by Crippen LogP contribution is 2.27. The average Bonchev–Trinajstić information content (AvgIpc) is 2.37. The number of hydrogen-bond acceptors (Lipinski definition) is 2. The molecule has 98 valence electrons. The van der Waals surface area contributed by atoms with Crippen LogP contribution in [-0.2, 0) is 0 Å². The summed E-state index contributed by atoms with van der Waals surface area (Å²) in [4.78, 5) is 26.1. The van der Waals surface area contributed by atoms with E-state index in [1.165, 1.54) is 44.1 Å². The number of rotatable bonds is 3. The molecule has 0 spiro atoms. The molecule has 18 heavy (non-hydrogen) atoms. The van der Waals surface area contributed by atoms with Gasteiger partial charge in [0.05, 0.1) is 0 Å². The minimum atomic E-state index is -0.268. The molecular weight excluding hydrogens is 228 g/mol. The van der Waals surface area contributed by atoms with Gasteiger partial charge >= 0.3 is 0 Å². The van der Waals surface area contributed by atoms with Gasteiger partial charge in [-0.3, -0.25) is 9.59 Å². The normalized spacial score (nSPS) is 23.6. The zero-order valence-electron chi connectivity index (χ0n) is 10.7. The summed E-state index contributed by atoms with van der Waals surface area (Å²) >= 11 is 0. The molecule has 1 heterocycles. The van der Waals surface area contributed by atoms with Crippen molar-refractivity contribution in [1.82, 2.24) is 10.3 Å². The van der Waals surface area contributed by atoms with E-state index in [4.69, 9.17) is 0 Å². The van der Waals surface area contributed by atoms with Crippen molar-refractivity contribution in [3.05, 3.63) is 34.2 Å². The standard InChI is InChI=1S/C14H20N2O2/c1-10-3-2-4-11(7-10)8-16-14(18)12-9-15-6-5-13(12)17/h5-6,9-11H,2-4,7-8H2,1H3,(H,15,17)(H,16,18). The molecule has 2 N–H and O–H groups in total. The third kappa shape index (κ3) is 3.22. The lowest BCUT2D eigenvalue weighted by Crippen LogP contribution is -2.34. The summed E-state index contributed by atoms with van der Waals surface area (Å²) in [5.74, 6) is 1.04. The van der Waals surface area contributed by atoms with Crippen LogP contribution in [-0.4, -0.2) is 17.4 Å². The minimum absolute atomic E-state index is 0.196. The van der Waals surface area contributed by atoms with E-state index in [0.29, 0.717) is 12.5 Å². The van der Waals surface area contributed by atoms with Gasteiger partial charge in [-0.2, -0.15) is 0 Å². The first-order valence-electron chi connectivity index (χ1n) is 6.62. The molecule has 0 aromatic carbocycles. The fourth-order valence-electron chi connectivity index (χ4n) is 2.67. The Balaban J connectivity index is 1.89. The summed E-state index contributed by atoms with van der Waals surface area (Å²) in [5.41, 5.74) is -0.0374. The lowest BCUT2D eigenvalue weighted by Gasteiger charge is -2.26. The number of aromatic amines is 1. The quantitative estimate of drug-likeness (QED) is 0.858. The Morgan fingerprint density at radius 3 is 3.06 bits per heavy atom. The molecule has 1 aliphatic carbocycles. The lowest BCUT2D eigenvalue weighted by molar-refractivity contribution is 0.0939. The summed E-state index contributed by atoms with van der Waals surface area (Å²) in [6.45, 7) is 2.94. The highest BCUT2D eigenvalue weighted by Gasteiger charge is 2.19. The van der Waals surface area contributed by atoms with Crippen molar-refractivity contribution >= 4 is 5.91 Å². The van der Waals surface area contributed by atoms with Gasteiger partial charge in [0.15, 0.2) is 5.43 Å². The lowest BCUT2D eigenvalue weighted by atomic mass is 9.82. The van der Waals surface area contributed by atoms with Crippen molar-refractivity contribution in [2.45, 2.75) is 32.6 Å². The molecule has 1 saturated carbocycles. The van der Waals surface area contributed by atoms with E-state index in [1.807, 2.05) is 0 Å². The van der Waals surface area contributed by atoms with Crippen LogP contribution in [0.3, 0.4) is 0 Å². The van der Waals surface area contributed by atoms with Crippen LogP contribution in [0, 0.1) is 11.8 Å². The zero-order chi connectivity index (χ0) is 13.0. The molecule has 4 nitrogen and oxygen atoms in total. The number of nitrogens with one attached hydrogen (secondary N) is 2. The Hall–Kier alpha value is -1.58. The molecule has 0 saturated heterocycles. The number of aromatic nitrogens is 1. The SMILES string of the molecule is CC1CCCC(CNC(=O)c2c[nH]ccc2=O)C1. The van der Waals surface area contributed by atoms with Crippen molar-refractivity contribution in [1.29, 1.82) is 0 Å². The highest BCUT2D eigenvalue weighted by atomic mass is 16.2. The summed E-state index contributed by atoms with van der Waals surface area (Å²) < 4.78 is 0. The number of amides is 1. The second kappa shape index (κ2) is 5.85. The molecule has 2 unspecified atom stereocenters. The van der Waals surface area contributed by atoms with Crippen molar-refractivity contribution in [3.63, 3.8) is 0 Å². The second-order valence-corrected chi connectivity index (χ2v) is 5.27. The van der Waals surface area contributed by atoms with Gasteiger partial charge in [0.1, 0.15) is 5.56 Å². The van der Waals surface area contributed by atoms with Gasteiger partial charge in [0.25, 0.3) is 5.91 Å². The van der Waals surface area contributed by atoms with Gasteiger partial charge in [-0.1, -0.05) is 19.8 Å². The van der Waals surface area contributed by atoms with E-state index < -0.39 is 0 Å². The summed E-state index contributed by atoms with van der Waals surface area (Å²) in [7, 11) is 0. The average molecular weight is 248 g/mol. The Labute approximate surface area is 107 Å². The number of carbonyl (C=O) groups excluding carboxylic acids is 1. The first-order valence-corrected chi connectivity index (χ1v) is 6.62. The first kappa shape index (κ1) is 12.9. The van der Waals surface area contributed by atoms with Crippen LogP contribution < -0.4 is 10.7 Å². The zero-order valence-corrected chi connectivity index (χ0v) is 10.7. The van der Waals surface area contributed by atoms with Crippen molar-refractivity contribution in [2.24, 2.45) is 11.8 Å². The van der Waals surface area contributed by atoms with Gasteiger partial charge in [-0.05, 0) is 24.7 Å². The summed E-state index contributed by atoms with van der Waals surface area (Å²) in [6, 6.07) is 1.37. The van der Waals surface area contributed by atoms with Gasteiger partial charge in [-0.25, -0.2) is 0 Å². The minimum Gasteiger partial charge on any atom is -0.367 e.